The zero-order chi connectivity index (χ0) is 13.9. The SMILES string of the molecule is COC(=O)c1ccccc1NCc1cncn1C1CC1. The molecule has 1 heterocycles. The van der Waals surface area contributed by atoms with Crippen LogP contribution >= 0.6 is 0 Å². The van der Waals surface area contributed by atoms with E-state index in [9.17, 15) is 4.79 Å². The average molecular weight is 271 g/mol. The van der Waals surface area contributed by atoms with E-state index in [-0.39, 0.29) is 5.97 Å². The highest BCUT2D eigenvalue weighted by atomic mass is 16.5. The zero-order valence-corrected chi connectivity index (χ0v) is 11.4. The smallest absolute Gasteiger partial charge is 0.339 e. The molecule has 1 aliphatic rings. The van der Waals surface area contributed by atoms with Gasteiger partial charge in [0.25, 0.3) is 0 Å². The second kappa shape index (κ2) is 5.36. The molecule has 0 radical (unpaired) electrons. The van der Waals surface area contributed by atoms with E-state index in [0.717, 1.165) is 11.4 Å². The first-order chi connectivity index (χ1) is 9.79. The van der Waals surface area contributed by atoms with Crippen LogP contribution in [-0.2, 0) is 11.3 Å². The van der Waals surface area contributed by atoms with Crippen molar-refractivity contribution in [3.8, 4) is 0 Å². The topological polar surface area (TPSA) is 56.1 Å². The number of esters is 1. The van der Waals surface area contributed by atoms with Crippen molar-refractivity contribution in [2.45, 2.75) is 25.4 Å². The number of carbonyl (C=O) groups is 1. The minimum atomic E-state index is -0.330. The van der Waals surface area contributed by atoms with E-state index in [1.807, 2.05) is 30.7 Å². The molecule has 5 nitrogen and oxygen atoms in total. The molecule has 104 valence electrons. The number of carbonyl (C=O) groups excluding carboxylic acids is 1. The van der Waals surface area contributed by atoms with Crippen LogP contribution in [0.15, 0.2) is 36.8 Å². The number of nitrogens with zero attached hydrogens (tertiary/aromatic N) is 2. The third-order valence-corrected chi connectivity index (χ3v) is 3.48. The van der Waals surface area contributed by atoms with Gasteiger partial charge in [-0.15, -0.1) is 0 Å². The van der Waals surface area contributed by atoms with Gasteiger partial charge in [-0.05, 0) is 25.0 Å². The van der Waals surface area contributed by atoms with Crippen molar-refractivity contribution in [3.63, 3.8) is 0 Å². The van der Waals surface area contributed by atoms with Gasteiger partial charge in [0.15, 0.2) is 0 Å². The lowest BCUT2D eigenvalue weighted by Gasteiger charge is -2.12. The number of nitrogens with one attached hydrogen (secondary N) is 1. The Balaban J connectivity index is 1.75. The molecule has 5 heteroatoms. The fraction of sp³-hybridized carbons (Fsp3) is 0.333. The van der Waals surface area contributed by atoms with Crippen LogP contribution in [0.4, 0.5) is 5.69 Å². The lowest BCUT2D eigenvalue weighted by Crippen LogP contribution is -2.10. The first-order valence-corrected chi connectivity index (χ1v) is 6.71. The maximum atomic E-state index is 11.7. The molecule has 2 aromatic rings. The maximum Gasteiger partial charge on any atom is 0.339 e. The highest BCUT2D eigenvalue weighted by molar-refractivity contribution is 5.95. The molecule has 1 saturated carbocycles. The summed E-state index contributed by atoms with van der Waals surface area (Å²) in [5.41, 5.74) is 2.46. The van der Waals surface area contributed by atoms with Gasteiger partial charge in [0.1, 0.15) is 0 Å². The van der Waals surface area contributed by atoms with Gasteiger partial charge >= 0.3 is 5.97 Å². The monoisotopic (exact) mass is 271 g/mol. The second-order valence-corrected chi connectivity index (χ2v) is 4.91. The van der Waals surface area contributed by atoms with E-state index in [2.05, 4.69) is 14.9 Å². The average Bonchev–Trinajstić information content (AvgIpc) is 3.23. The van der Waals surface area contributed by atoms with Crippen LogP contribution < -0.4 is 5.32 Å². The van der Waals surface area contributed by atoms with Gasteiger partial charge in [-0.25, -0.2) is 9.78 Å². The summed E-state index contributed by atoms with van der Waals surface area (Å²) in [7, 11) is 1.39. The van der Waals surface area contributed by atoms with Crippen LogP contribution in [0.3, 0.4) is 0 Å². The molecule has 0 bridgehead atoms. The van der Waals surface area contributed by atoms with E-state index in [1.165, 1.54) is 20.0 Å². The number of hydrogen-bond donors (Lipinski definition) is 1. The molecule has 0 atom stereocenters. The van der Waals surface area contributed by atoms with Gasteiger partial charge in [-0.2, -0.15) is 0 Å². The van der Waals surface area contributed by atoms with Crippen molar-refractivity contribution in [2.24, 2.45) is 0 Å². The number of para-hydroxylation sites is 1. The Bertz CT molecular complexity index is 617. The third kappa shape index (κ3) is 2.52. The minimum absolute atomic E-state index is 0.330. The summed E-state index contributed by atoms with van der Waals surface area (Å²) in [4.78, 5) is 15.9. The molecule has 1 aromatic carbocycles. The Morgan fingerprint density at radius 1 is 1.45 bits per heavy atom. The summed E-state index contributed by atoms with van der Waals surface area (Å²) in [5.74, 6) is -0.330. The minimum Gasteiger partial charge on any atom is -0.465 e. The summed E-state index contributed by atoms with van der Waals surface area (Å²) in [6.07, 6.45) is 6.19. The molecule has 0 unspecified atom stereocenters. The van der Waals surface area contributed by atoms with Crippen LogP contribution in [0.25, 0.3) is 0 Å². The molecule has 20 heavy (non-hydrogen) atoms. The van der Waals surface area contributed by atoms with Crippen molar-refractivity contribution in [1.29, 1.82) is 0 Å². The molecule has 1 aliphatic carbocycles. The first kappa shape index (κ1) is 12.7. The van der Waals surface area contributed by atoms with Crippen molar-refractivity contribution in [2.75, 3.05) is 12.4 Å². The fourth-order valence-electron chi connectivity index (χ4n) is 2.26. The van der Waals surface area contributed by atoms with Gasteiger partial charge in [0, 0.05) is 17.9 Å². The predicted octanol–water partition coefficient (Wildman–Crippen LogP) is 2.62. The normalized spacial score (nSPS) is 14.1. The molecule has 3 rings (SSSR count). The van der Waals surface area contributed by atoms with E-state index < -0.39 is 0 Å². The van der Waals surface area contributed by atoms with E-state index in [0.29, 0.717) is 18.2 Å². The first-order valence-electron chi connectivity index (χ1n) is 6.71. The molecule has 0 saturated heterocycles. The fourth-order valence-corrected chi connectivity index (χ4v) is 2.26. The van der Waals surface area contributed by atoms with E-state index >= 15 is 0 Å². The molecular formula is C15H17N3O2. The number of aromatic nitrogens is 2. The molecule has 1 fully saturated rings. The highest BCUT2D eigenvalue weighted by Gasteiger charge is 2.25. The third-order valence-electron chi connectivity index (χ3n) is 3.48. The van der Waals surface area contributed by atoms with Gasteiger partial charge < -0.3 is 14.6 Å². The molecule has 1 aromatic heterocycles. The van der Waals surface area contributed by atoms with Crippen LogP contribution in [0.2, 0.25) is 0 Å². The largest absolute Gasteiger partial charge is 0.465 e. The van der Waals surface area contributed by atoms with E-state index in [4.69, 9.17) is 4.74 Å². The summed E-state index contributed by atoms with van der Waals surface area (Å²) in [6.45, 7) is 0.643. The zero-order valence-electron chi connectivity index (χ0n) is 11.4. The number of imidazole rings is 1. The van der Waals surface area contributed by atoms with Crippen molar-refractivity contribution >= 4 is 11.7 Å². The lowest BCUT2D eigenvalue weighted by molar-refractivity contribution is 0.0602. The van der Waals surface area contributed by atoms with E-state index in [1.54, 1.807) is 6.07 Å². The van der Waals surface area contributed by atoms with Gasteiger partial charge in [0.05, 0.1) is 31.2 Å². The highest BCUT2D eigenvalue weighted by Crippen LogP contribution is 2.35. The van der Waals surface area contributed by atoms with Crippen LogP contribution in [0, 0.1) is 0 Å². The summed E-state index contributed by atoms with van der Waals surface area (Å²) in [6, 6.07) is 7.96. The Kier molecular flexibility index (Phi) is 3.41. The molecule has 0 spiro atoms. The molecule has 0 amide bonds. The van der Waals surface area contributed by atoms with Crippen LogP contribution in [-0.4, -0.2) is 22.6 Å². The quantitative estimate of drug-likeness (QED) is 0.849. The lowest BCUT2D eigenvalue weighted by atomic mass is 10.2. The number of rotatable bonds is 5. The summed E-state index contributed by atoms with van der Waals surface area (Å²) >= 11 is 0. The Morgan fingerprint density at radius 3 is 3.00 bits per heavy atom. The molecule has 1 N–H and O–H groups in total. The van der Waals surface area contributed by atoms with Crippen molar-refractivity contribution < 1.29 is 9.53 Å². The standard InChI is InChI=1S/C15H17N3O2/c1-20-15(19)13-4-2-3-5-14(13)17-9-12-8-16-10-18(12)11-6-7-11/h2-5,8,10-11,17H,6-7,9H2,1H3. The Morgan fingerprint density at radius 2 is 2.25 bits per heavy atom. The van der Waals surface area contributed by atoms with Crippen molar-refractivity contribution in [3.05, 3.63) is 48.0 Å². The van der Waals surface area contributed by atoms with Crippen LogP contribution in [0.5, 0.6) is 0 Å². The van der Waals surface area contributed by atoms with Gasteiger partial charge in [-0.3, -0.25) is 0 Å². The van der Waals surface area contributed by atoms with Crippen molar-refractivity contribution in [1.82, 2.24) is 9.55 Å². The summed E-state index contributed by atoms with van der Waals surface area (Å²) in [5, 5.41) is 3.29. The van der Waals surface area contributed by atoms with Gasteiger partial charge in [-0.1, -0.05) is 12.1 Å². The maximum absolute atomic E-state index is 11.7. The number of benzene rings is 1. The second-order valence-electron chi connectivity index (χ2n) is 4.91. The number of ether oxygens (including phenoxy) is 1. The predicted molar refractivity (Wildman–Crippen MR) is 75.6 cm³/mol. The number of anilines is 1. The number of hydrogen-bond acceptors (Lipinski definition) is 4. The van der Waals surface area contributed by atoms with Crippen LogP contribution in [0.1, 0.15) is 34.9 Å². The molecule has 0 aliphatic heterocycles. The van der Waals surface area contributed by atoms with Gasteiger partial charge in [0.2, 0.25) is 0 Å². The Labute approximate surface area is 117 Å². The Hall–Kier alpha value is -2.30. The molecular weight excluding hydrogens is 254 g/mol. The number of methoxy groups -OCH3 is 1. The summed E-state index contributed by atoms with van der Waals surface area (Å²) < 4.78 is 6.99.